The summed E-state index contributed by atoms with van der Waals surface area (Å²) in [6, 6.07) is 2.97. The predicted molar refractivity (Wildman–Crippen MR) is 81.5 cm³/mol. The topological polar surface area (TPSA) is 37.3 Å². The fraction of sp³-hybridized carbons (Fsp3) is 0.688. The lowest BCUT2D eigenvalue weighted by atomic mass is 9.98. The monoisotopic (exact) mass is 277 g/mol. The average Bonchev–Trinajstić information content (AvgIpc) is 3.16. The van der Waals surface area contributed by atoms with Crippen LogP contribution >= 0.6 is 0 Å². The maximum absolute atomic E-state index is 12.1. The van der Waals surface area contributed by atoms with Gasteiger partial charge in [0.25, 0.3) is 0 Å². The molecule has 1 aliphatic carbocycles. The van der Waals surface area contributed by atoms with Gasteiger partial charge in [-0.3, -0.25) is 4.79 Å². The van der Waals surface area contributed by atoms with Gasteiger partial charge in [0.05, 0.1) is 0 Å². The van der Waals surface area contributed by atoms with E-state index in [0.29, 0.717) is 24.5 Å². The van der Waals surface area contributed by atoms with E-state index in [9.17, 15) is 4.79 Å². The number of nitrogens with one attached hydrogen (secondary N) is 1. The molecule has 0 saturated heterocycles. The van der Waals surface area contributed by atoms with Crippen molar-refractivity contribution in [1.82, 2.24) is 14.8 Å². The van der Waals surface area contributed by atoms with Crippen LogP contribution < -0.4 is 5.32 Å². The average molecular weight is 277 g/mol. The molecule has 112 valence electrons. The third kappa shape index (κ3) is 3.63. The minimum absolute atomic E-state index is 0.208. The number of hydrogen-bond donors (Lipinski definition) is 1. The molecule has 2 rings (SSSR count). The van der Waals surface area contributed by atoms with Gasteiger partial charge in [-0.05, 0) is 36.9 Å². The maximum atomic E-state index is 12.1. The molecular weight excluding hydrogens is 250 g/mol. The molecule has 1 aromatic rings. The molecule has 1 aliphatic rings. The molecule has 1 saturated carbocycles. The van der Waals surface area contributed by atoms with Crippen LogP contribution in [0.5, 0.6) is 0 Å². The highest BCUT2D eigenvalue weighted by atomic mass is 16.2. The minimum Gasteiger partial charge on any atom is -0.345 e. The van der Waals surface area contributed by atoms with Crippen molar-refractivity contribution in [3.63, 3.8) is 0 Å². The van der Waals surface area contributed by atoms with Crippen molar-refractivity contribution in [2.24, 2.45) is 5.92 Å². The molecule has 20 heavy (non-hydrogen) atoms. The minimum atomic E-state index is 0.208. The molecule has 1 heterocycles. The standard InChI is InChI=1S/C16H27N3O/c1-5-17-16(12(2)3)13-8-9-19(10-13)11-15(20)18(4)14-6-7-14/h8-10,12,14,16-17H,5-7,11H2,1-4H3. The van der Waals surface area contributed by atoms with E-state index in [1.54, 1.807) is 0 Å². The van der Waals surface area contributed by atoms with E-state index in [1.165, 1.54) is 5.56 Å². The van der Waals surface area contributed by atoms with Crippen molar-refractivity contribution < 1.29 is 4.79 Å². The Balaban J connectivity index is 1.98. The van der Waals surface area contributed by atoms with E-state index in [-0.39, 0.29) is 5.91 Å². The molecule has 1 N–H and O–H groups in total. The van der Waals surface area contributed by atoms with Crippen molar-refractivity contribution in [3.8, 4) is 0 Å². The predicted octanol–water partition coefficient (Wildman–Crippen LogP) is 2.42. The van der Waals surface area contributed by atoms with E-state index in [2.05, 4.69) is 38.4 Å². The van der Waals surface area contributed by atoms with Gasteiger partial charge in [-0.15, -0.1) is 0 Å². The Hall–Kier alpha value is -1.29. The SMILES string of the molecule is CCNC(c1ccn(CC(=O)N(C)C2CC2)c1)C(C)C. The zero-order valence-electron chi connectivity index (χ0n) is 13.1. The highest BCUT2D eigenvalue weighted by molar-refractivity contribution is 5.76. The van der Waals surface area contributed by atoms with Crippen LogP contribution in [-0.2, 0) is 11.3 Å². The Morgan fingerprint density at radius 1 is 1.50 bits per heavy atom. The summed E-state index contributed by atoms with van der Waals surface area (Å²) in [6.07, 6.45) is 6.44. The molecule has 0 bridgehead atoms. The fourth-order valence-electron chi connectivity index (χ4n) is 2.63. The van der Waals surface area contributed by atoms with Crippen LogP contribution in [-0.4, -0.2) is 35.0 Å². The van der Waals surface area contributed by atoms with Crippen molar-refractivity contribution >= 4 is 5.91 Å². The fourth-order valence-corrected chi connectivity index (χ4v) is 2.63. The summed E-state index contributed by atoms with van der Waals surface area (Å²) in [5.41, 5.74) is 1.27. The summed E-state index contributed by atoms with van der Waals surface area (Å²) in [7, 11) is 1.92. The van der Waals surface area contributed by atoms with Crippen LogP contribution in [0.4, 0.5) is 0 Å². The largest absolute Gasteiger partial charge is 0.345 e. The second-order valence-electron chi connectivity index (χ2n) is 6.13. The first-order valence-electron chi connectivity index (χ1n) is 7.67. The summed E-state index contributed by atoms with van der Waals surface area (Å²) >= 11 is 0. The lowest BCUT2D eigenvalue weighted by molar-refractivity contribution is -0.131. The summed E-state index contributed by atoms with van der Waals surface area (Å²) in [6.45, 7) is 7.97. The highest BCUT2D eigenvalue weighted by Crippen LogP contribution is 2.26. The zero-order chi connectivity index (χ0) is 14.7. The normalized spacial score (nSPS) is 16.4. The molecule has 0 radical (unpaired) electrons. The Bertz CT molecular complexity index is 448. The number of rotatable bonds is 7. The molecule has 4 heteroatoms. The van der Waals surface area contributed by atoms with E-state index in [0.717, 1.165) is 19.4 Å². The third-order valence-corrected chi connectivity index (χ3v) is 4.03. The van der Waals surface area contributed by atoms with E-state index in [4.69, 9.17) is 0 Å². The smallest absolute Gasteiger partial charge is 0.242 e. The van der Waals surface area contributed by atoms with Crippen LogP contribution in [0.3, 0.4) is 0 Å². The van der Waals surface area contributed by atoms with Crippen LogP contribution in [0.1, 0.15) is 45.2 Å². The number of carbonyl (C=O) groups is 1. The van der Waals surface area contributed by atoms with E-state index >= 15 is 0 Å². The molecule has 4 nitrogen and oxygen atoms in total. The van der Waals surface area contributed by atoms with Crippen LogP contribution in [0.15, 0.2) is 18.5 Å². The molecular formula is C16H27N3O. The van der Waals surface area contributed by atoms with Gasteiger partial charge in [-0.2, -0.15) is 0 Å². The van der Waals surface area contributed by atoms with Crippen molar-refractivity contribution in [2.45, 2.75) is 52.2 Å². The first-order chi connectivity index (χ1) is 9.52. The summed E-state index contributed by atoms with van der Waals surface area (Å²) in [4.78, 5) is 14.0. The molecule has 1 aromatic heterocycles. The quantitative estimate of drug-likeness (QED) is 0.831. The van der Waals surface area contributed by atoms with Gasteiger partial charge in [-0.1, -0.05) is 20.8 Å². The molecule has 0 aliphatic heterocycles. The van der Waals surface area contributed by atoms with E-state index in [1.807, 2.05) is 22.7 Å². The zero-order valence-corrected chi connectivity index (χ0v) is 13.1. The van der Waals surface area contributed by atoms with Crippen molar-refractivity contribution in [1.29, 1.82) is 0 Å². The first-order valence-corrected chi connectivity index (χ1v) is 7.67. The number of hydrogen-bond acceptors (Lipinski definition) is 2. The van der Waals surface area contributed by atoms with Gasteiger partial charge in [0, 0.05) is 31.5 Å². The first kappa shape index (κ1) is 15.1. The Morgan fingerprint density at radius 2 is 2.20 bits per heavy atom. The van der Waals surface area contributed by atoms with Crippen LogP contribution in [0.25, 0.3) is 0 Å². The van der Waals surface area contributed by atoms with Gasteiger partial charge >= 0.3 is 0 Å². The summed E-state index contributed by atoms with van der Waals surface area (Å²) in [5.74, 6) is 0.745. The Labute approximate surface area is 122 Å². The van der Waals surface area contributed by atoms with Crippen molar-refractivity contribution in [3.05, 3.63) is 24.0 Å². The summed E-state index contributed by atoms with van der Waals surface area (Å²) < 4.78 is 2.00. The van der Waals surface area contributed by atoms with Crippen LogP contribution in [0, 0.1) is 5.92 Å². The van der Waals surface area contributed by atoms with Gasteiger partial charge < -0.3 is 14.8 Å². The number of likely N-dealkylation sites (N-methyl/N-ethyl adjacent to an activating group) is 1. The Kier molecular flexibility index (Phi) is 4.86. The summed E-state index contributed by atoms with van der Waals surface area (Å²) in [5, 5.41) is 3.51. The molecule has 0 aromatic carbocycles. The molecule has 1 unspecified atom stereocenters. The number of nitrogens with zero attached hydrogens (tertiary/aromatic N) is 2. The van der Waals surface area contributed by atoms with Gasteiger partial charge in [-0.25, -0.2) is 0 Å². The second kappa shape index (κ2) is 6.44. The second-order valence-corrected chi connectivity index (χ2v) is 6.13. The molecule has 1 atom stereocenters. The number of amides is 1. The molecule has 1 amide bonds. The third-order valence-electron chi connectivity index (χ3n) is 4.03. The maximum Gasteiger partial charge on any atom is 0.242 e. The van der Waals surface area contributed by atoms with Crippen molar-refractivity contribution in [2.75, 3.05) is 13.6 Å². The van der Waals surface area contributed by atoms with Gasteiger partial charge in [0.1, 0.15) is 6.54 Å². The highest BCUT2D eigenvalue weighted by Gasteiger charge is 2.29. The Morgan fingerprint density at radius 3 is 2.75 bits per heavy atom. The molecule has 0 spiro atoms. The van der Waals surface area contributed by atoms with E-state index < -0.39 is 0 Å². The number of aromatic nitrogens is 1. The van der Waals surface area contributed by atoms with Gasteiger partial charge in [0.15, 0.2) is 0 Å². The lowest BCUT2D eigenvalue weighted by Gasteiger charge is -2.21. The number of carbonyl (C=O) groups excluding carboxylic acids is 1. The van der Waals surface area contributed by atoms with Gasteiger partial charge in [0.2, 0.25) is 5.91 Å². The van der Waals surface area contributed by atoms with Crippen LogP contribution in [0.2, 0.25) is 0 Å². The lowest BCUT2D eigenvalue weighted by Crippen LogP contribution is -2.31. The molecule has 1 fully saturated rings.